The van der Waals surface area contributed by atoms with Gasteiger partial charge in [-0.1, -0.05) is 12.1 Å². The van der Waals surface area contributed by atoms with Gasteiger partial charge in [-0.2, -0.15) is 8.78 Å². The highest BCUT2D eigenvalue weighted by molar-refractivity contribution is 5.93. The van der Waals surface area contributed by atoms with Crippen LogP contribution in [0.15, 0.2) is 36.0 Å². The first-order chi connectivity index (χ1) is 10.1. The third kappa shape index (κ3) is 4.18. The molecule has 0 spiro atoms. The Morgan fingerprint density at radius 3 is 2.33 bits per heavy atom. The summed E-state index contributed by atoms with van der Waals surface area (Å²) in [4.78, 5) is 13.0. The van der Waals surface area contributed by atoms with Gasteiger partial charge in [-0.3, -0.25) is 0 Å². The number of benzene rings is 1. The van der Waals surface area contributed by atoms with Gasteiger partial charge >= 0.3 is 12.0 Å². The topological polar surface area (TPSA) is 38.8 Å². The van der Waals surface area contributed by atoms with Crippen LogP contribution < -0.4 is 9.64 Å². The Morgan fingerprint density at radius 1 is 1.14 bits per heavy atom. The van der Waals surface area contributed by atoms with Gasteiger partial charge in [-0.15, -0.1) is 0 Å². The van der Waals surface area contributed by atoms with Crippen LogP contribution in [0.2, 0.25) is 0 Å². The van der Waals surface area contributed by atoms with E-state index in [2.05, 4.69) is 0 Å². The summed E-state index contributed by atoms with van der Waals surface area (Å²) in [6.45, 7) is 5.63. The number of carbonyl (C=O) groups excluding carboxylic acids is 1. The number of anilines is 1. The van der Waals surface area contributed by atoms with Gasteiger partial charge in [0, 0.05) is 6.54 Å². The molecule has 21 heavy (non-hydrogen) atoms. The monoisotopic (exact) mass is 299 g/mol. The van der Waals surface area contributed by atoms with Crippen molar-refractivity contribution < 1.29 is 23.0 Å². The van der Waals surface area contributed by atoms with E-state index < -0.39 is 17.7 Å². The number of halogens is 2. The summed E-state index contributed by atoms with van der Waals surface area (Å²) in [5.41, 5.74) is -0.357. The maximum absolute atomic E-state index is 13.2. The molecular weight excluding hydrogens is 280 g/mol. The van der Waals surface area contributed by atoms with E-state index in [1.807, 2.05) is 0 Å². The van der Waals surface area contributed by atoms with Gasteiger partial charge in [-0.25, -0.2) is 4.79 Å². The molecule has 0 bridgehead atoms. The van der Waals surface area contributed by atoms with Crippen LogP contribution in [-0.4, -0.2) is 25.7 Å². The molecule has 6 heteroatoms. The first-order valence-electron chi connectivity index (χ1n) is 6.78. The number of para-hydroxylation sites is 2. The molecule has 0 radical (unpaired) electrons. The van der Waals surface area contributed by atoms with E-state index in [0.717, 1.165) is 0 Å². The van der Waals surface area contributed by atoms with Crippen LogP contribution >= 0.6 is 0 Å². The second-order valence-electron chi connectivity index (χ2n) is 3.97. The van der Waals surface area contributed by atoms with Crippen LogP contribution in [0.1, 0.15) is 20.8 Å². The Labute approximate surface area is 123 Å². The summed E-state index contributed by atoms with van der Waals surface area (Å²) in [6.07, 6.45) is -2.08. The lowest BCUT2D eigenvalue weighted by atomic mass is 10.2. The number of carbonyl (C=O) groups is 1. The molecule has 1 aromatic carbocycles. The molecule has 4 nitrogen and oxygen atoms in total. The summed E-state index contributed by atoms with van der Waals surface area (Å²) >= 11 is 0. The van der Waals surface area contributed by atoms with Crippen LogP contribution in [0.25, 0.3) is 0 Å². The zero-order chi connectivity index (χ0) is 15.8. The third-order valence-electron chi connectivity index (χ3n) is 2.69. The van der Waals surface area contributed by atoms with E-state index >= 15 is 0 Å². The summed E-state index contributed by atoms with van der Waals surface area (Å²) < 4.78 is 36.6. The van der Waals surface area contributed by atoms with Gasteiger partial charge in [0.15, 0.2) is 5.70 Å². The minimum atomic E-state index is -2.08. The summed E-state index contributed by atoms with van der Waals surface area (Å²) in [6, 6.07) is 6.72. The van der Waals surface area contributed by atoms with Crippen LogP contribution in [0.5, 0.6) is 5.75 Å². The maximum Gasteiger partial charge on any atom is 0.360 e. The predicted molar refractivity (Wildman–Crippen MR) is 76.5 cm³/mol. The van der Waals surface area contributed by atoms with Gasteiger partial charge in [0.2, 0.25) is 0 Å². The average Bonchev–Trinajstić information content (AvgIpc) is 2.45. The van der Waals surface area contributed by atoms with Crippen molar-refractivity contribution in [3.05, 3.63) is 36.0 Å². The van der Waals surface area contributed by atoms with Crippen molar-refractivity contribution in [3.8, 4) is 5.75 Å². The first kappa shape index (κ1) is 16.9. The number of esters is 1. The molecule has 0 saturated heterocycles. The first-order valence-corrected chi connectivity index (χ1v) is 6.78. The molecule has 0 N–H and O–H groups in total. The van der Waals surface area contributed by atoms with Gasteiger partial charge in [-0.05, 0) is 32.9 Å². The molecule has 0 amide bonds. The summed E-state index contributed by atoms with van der Waals surface area (Å²) in [5, 5.41) is 0. The van der Waals surface area contributed by atoms with Crippen LogP contribution in [-0.2, 0) is 9.53 Å². The van der Waals surface area contributed by atoms with Crippen molar-refractivity contribution in [1.82, 2.24) is 0 Å². The van der Waals surface area contributed by atoms with Crippen LogP contribution in [0.3, 0.4) is 0 Å². The highest BCUT2D eigenvalue weighted by Gasteiger charge is 2.26. The van der Waals surface area contributed by atoms with E-state index in [1.165, 1.54) is 4.90 Å². The number of hydrogen-bond acceptors (Lipinski definition) is 4. The lowest BCUT2D eigenvalue weighted by Gasteiger charge is -2.25. The SMILES string of the molecule is CCOC(=O)C(=C(F)F)N(CC)c1ccccc1OCC. The van der Waals surface area contributed by atoms with E-state index in [1.54, 1.807) is 45.0 Å². The van der Waals surface area contributed by atoms with Crippen molar-refractivity contribution in [3.63, 3.8) is 0 Å². The van der Waals surface area contributed by atoms with Crippen molar-refractivity contribution in [1.29, 1.82) is 0 Å². The smallest absolute Gasteiger partial charge is 0.360 e. The lowest BCUT2D eigenvalue weighted by molar-refractivity contribution is -0.138. The van der Waals surface area contributed by atoms with Crippen molar-refractivity contribution in [2.24, 2.45) is 0 Å². The maximum atomic E-state index is 13.2. The van der Waals surface area contributed by atoms with E-state index in [4.69, 9.17) is 9.47 Å². The Balaban J connectivity index is 3.28. The average molecular weight is 299 g/mol. The van der Waals surface area contributed by atoms with Crippen molar-refractivity contribution >= 4 is 11.7 Å². The molecule has 0 aliphatic rings. The molecule has 1 aromatic rings. The second-order valence-corrected chi connectivity index (χ2v) is 3.97. The number of ether oxygens (including phenoxy) is 2. The van der Waals surface area contributed by atoms with Crippen LogP contribution in [0, 0.1) is 0 Å². The highest BCUT2D eigenvalue weighted by atomic mass is 19.3. The van der Waals surface area contributed by atoms with E-state index in [-0.39, 0.29) is 13.2 Å². The molecule has 0 unspecified atom stereocenters. The third-order valence-corrected chi connectivity index (χ3v) is 2.69. The molecule has 0 saturated carbocycles. The lowest BCUT2D eigenvalue weighted by Crippen LogP contribution is -2.29. The Kier molecular flexibility index (Phi) is 6.65. The Bertz CT molecular complexity index is 513. The predicted octanol–water partition coefficient (Wildman–Crippen LogP) is 3.58. The minimum Gasteiger partial charge on any atom is -0.492 e. The molecule has 0 fully saturated rings. The number of rotatable bonds is 7. The molecular formula is C15H19F2NO3. The number of nitrogens with zero attached hydrogens (tertiary/aromatic N) is 1. The zero-order valence-electron chi connectivity index (χ0n) is 12.4. The fourth-order valence-corrected chi connectivity index (χ4v) is 1.90. The minimum absolute atomic E-state index is 0.0281. The number of hydrogen-bond donors (Lipinski definition) is 0. The fraction of sp³-hybridized carbons (Fsp3) is 0.400. The summed E-state index contributed by atoms with van der Waals surface area (Å²) in [7, 11) is 0. The van der Waals surface area contributed by atoms with Crippen molar-refractivity contribution in [2.75, 3.05) is 24.7 Å². The normalized spacial score (nSPS) is 9.95. The second kappa shape index (κ2) is 8.24. The Hall–Kier alpha value is -2.11. The largest absolute Gasteiger partial charge is 0.492 e. The number of likely N-dealkylation sites (N-methyl/N-ethyl adjacent to an activating group) is 1. The van der Waals surface area contributed by atoms with Gasteiger partial charge < -0.3 is 14.4 Å². The Morgan fingerprint density at radius 2 is 1.81 bits per heavy atom. The van der Waals surface area contributed by atoms with Crippen LogP contribution in [0.4, 0.5) is 14.5 Å². The van der Waals surface area contributed by atoms with Gasteiger partial charge in [0.25, 0.3) is 0 Å². The molecule has 0 heterocycles. The molecule has 0 aromatic heterocycles. The van der Waals surface area contributed by atoms with E-state index in [0.29, 0.717) is 18.0 Å². The molecule has 1 rings (SSSR count). The van der Waals surface area contributed by atoms with Crippen molar-refractivity contribution in [2.45, 2.75) is 20.8 Å². The summed E-state index contributed by atoms with van der Waals surface area (Å²) in [5.74, 6) is -0.615. The molecule has 0 atom stereocenters. The zero-order valence-corrected chi connectivity index (χ0v) is 12.4. The van der Waals surface area contributed by atoms with Gasteiger partial charge in [0.05, 0.1) is 18.9 Å². The highest BCUT2D eigenvalue weighted by Crippen LogP contribution is 2.32. The fourth-order valence-electron chi connectivity index (χ4n) is 1.90. The molecule has 116 valence electrons. The quantitative estimate of drug-likeness (QED) is 0.570. The molecule has 0 aliphatic heterocycles. The van der Waals surface area contributed by atoms with Gasteiger partial charge in [0.1, 0.15) is 5.75 Å². The van der Waals surface area contributed by atoms with E-state index in [9.17, 15) is 13.6 Å². The standard InChI is InChI=1S/C15H19F2NO3/c1-4-18(13(14(16)17)15(19)21-6-3)11-9-7-8-10-12(11)20-5-2/h7-10H,4-6H2,1-3H3. The molecule has 0 aliphatic carbocycles.